The summed E-state index contributed by atoms with van der Waals surface area (Å²) in [6.45, 7) is 2.56. The number of hydrogen-bond acceptors (Lipinski definition) is 6. The predicted molar refractivity (Wildman–Crippen MR) is 106 cm³/mol. The number of nitrogens with one attached hydrogen (secondary N) is 1. The zero-order valence-corrected chi connectivity index (χ0v) is 16.7. The van der Waals surface area contributed by atoms with Crippen LogP contribution in [0.3, 0.4) is 0 Å². The summed E-state index contributed by atoms with van der Waals surface area (Å²) in [4.78, 5) is 12.6. The lowest BCUT2D eigenvalue weighted by molar-refractivity contribution is 0.0893. The van der Waals surface area contributed by atoms with Crippen LogP contribution in [0.25, 0.3) is 0 Å². The summed E-state index contributed by atoms with van der Waals surface area (Å²) in [6.07, 6.45) is 4.06. The fourth-order valence-electron chi connectivity index (χ4n) is 3.85. The average molecular weight is 408 g/mol. The standard InChI is InChI=1S/C22H24N4O4/c23-10-15-3-4-20-16(7-15)8-17(13-29-20)24-22(27)19-9-21-26(25-19)11-18(30-21)5-6-28-12-14-1-2-14/h3-4,7,9,14,17-18H,1-2,5-6,8,11-13H2,(H,24,27)/t17-,18+/m1/s1. The number of carbonyl (C=O) groups is 1. The molecule has 1 N–H and O–H groups in total. The highest BCUT2D eigenvalue weighted by Gasteiger charge is 2.29. The first-order chi connectivity index (χ1) is 14.7. The van der Waals surface area contributed by atoms with Crippen molar-refractivity contribution in [3.63, 3.8) is 0 Å². The molecule has 156 valence electrons. The van der Waals surface area contributed by atoms with E-state index in [1.807, 2.05) is 0 Å². The quantitative estimate of drug-likeness (QED) is 0.705. The fraction of sp³-hybridized carbons (Fsp3) is 0.500. The number of rotatable bonds is 7. The summed E-state index contributed by atoms with van der Waals surface area (Å²) < 4.78 is 19.1. The molecule has 30 heavy (non-hydrogen) atoms. The maximum Gasteiger partial charge on any atom is 0.272 e. The van der Waals surface area contributed by atoms with Crippen molar-refractivity contribution in [1.82, 2.24) is 15.1 Å². The van der Waals surface area contributed by atoms with Gasteiger partial charge in [-0.15, -0.1) is 0 Å². The van der Waals surface area contributed by atoms with Crippen LogP contribution < -0.4 is 14.8 Å². The van der Waals surface area contributed by atoms with E-state index in [9.17, 15) is 4.79 Å². The van der Waals surface area contributed by atoms with Gasteiger partial charge in [-0.25, -0.2) is 4.68 Å². The van der Waals surface area contributed by atoms with Crippen LogP contribution in [-0.4, -0.2) is 47.7 Å². The van der Waals surface area contributed by atoms with Gasteiger partial charge in [-0.2, -0.15) is 10.4 Å². The number of aromatic nitrogens is 2. The van der Waals surface area contributed by atoms with E-state index < -0.39 is 0 Å². The van der Waals surface area contributed by atoms with Crippen LogP contribution >= 0.6 is 0 Å². The summed E-state index contributed by atoms with van der Waals surface area (Å²) in [6, 6.07) is 8.98. The Balaban J connectivity index is 1.13. The summed E-state index contributed by atoms with van der Waals surface area (Å²) >= 11 is 0. The van der Waals surface area contributed by atoms with Gasteiger partial charge in [0, 0.05) is 19.1 Å². The maximum atomic E-state index is 12.6. The molecule has 1 aromatic carbocycles. The molecule has 1 saturated carbocycles. The van der Waals surface area contributed by atoms with E-state index in [1.165, 1.54) is 12.8 Å². The van der Waals surface area contributed by atoms with E-state index in [4.69, 9.17) is 19.5 Å². The third kappa shape index (κ3) is 4.12. The Kier molecular flexibility index (Phi) is 5.05. The molecule has 5 rings (SSSR count). The lowest BCUT2D eigenvalue weighted by atomic mass is 10.0. The number of hydrogen-bond donors (Lipinski definition) is 1. The number of ether oxygens (including phenoxy) is 3. The van der Waals surface area contributed by atoms with Gasteiger partial charge >= 0.3 is 0 Å². The monoisotopic (exact) mass is 408 g/mol. The molecule has 1 amide bonds. The van der Waals surface area contributed by atoms with Crippen molar-refractivity contribution in [2.75, 3.05) is 19.8 Å². The molecular formula is C22H24N4O4. The van der Waals surface area contributed by atoms with Gasteiger partial charge < -0.3 is 19.5 Å². The van der Waals surface area contributed by atoms with E-state index in [0.717, 1.165) is 30.3 Å². The fourth-order valence-corrected chi connectivity index (χ4v) is 3.85. The SMILES string of the molecule is N#Cc1ccc2c(c1)C[C@@H](NC(=O)c1cc3n(n1)C[C@H](CCOCC1CC1)O3)CO2. The van der Waals surface area contributed by atoms with Gasteiger partial charge in [0.05, 0.1) is 30.8 Å². The molecular weight excluding hydrogens is 384 g/mol. The highest BCUT2D eigenvalue weighted by Crippen LogP contribution is 2.29. The predicted octanol–water partition coefficient (Wildman–Crippen LogP) is 2.07. The Labute approximate surface area is 174 Å². The Morgan fingerprint density at radius 3 is 3.07 bits per heavy atom. The Hall–Kier alpha value is -3.05. The average Bonchev–Trinajstić information content (AvgIpc) is 3.37. The van der Waals surface area contributed by atoms with Gasteiger partial charge in [-0.3, -0.25) is 4.79 Å². The molecule has 8 heteroatoms. The Bertz CT molecular complexity index is 968. The summed E-state index contributed by atoms with van der Waals surface area (Å²) in [5.41, 5.74) is 1.84. The van der Waals surface area contributed by atoms with Crippen molar-refractivity contribution in [2.45, 2.75) is 44.4 Å². The minimum Gasteiger partial charge on any atom is -0.491 e. The number of nitriles is 1. The number of carbonyl (C=O) groups excluding carboxylic acids is 1. The second kappa shape index (κ2) is 8.00. The molecule has 0 spiro atoms. The first kappa shape index (κ1) is 18.9. The molecule has 0 radical (unpaired) electrons. The van der Waals surface area contributed by atoms with Crippen LogP contribution in [0.15, 0.2) is 24.3 Å². The lowest BCUT2D eigenvalue weighted by Crippen LogP contribution is -2.43. The van der Waals surface area contributed by atoms with Crippen LogP contribution in [0.5, 0.6) is 11.6 Å². The minimum absolute atomic E-state index is 0.0430. The van der Waals surface area contributed by atoms with Crippen LogP contribution in [-0.2, 0) is 17.7 Å². The largest absolute Gasteiger partial charge is 0.491 e. The third-order valence-corrected chi connectivity index (χ3v) is 5.71. The van der Waals surface area contributed by atoms with Crippen LogP contribution in [0.1, 0.15) is 40.9 Å². The normalized spacial score (nSPS) is 21.7. The minimum atomic E-state index is -0.252. The zero-order valence-electron chi connectivity index (χ0n) is 16.7. The first-order valence-electron chi connectivity index (χ1n) is 10.5. The second-order valence-corrected chi connectivity index (χ2v) is 8.22. The molecule has 0 unspecified atom stereocenters. The smallest absolute Gasteiger partial charge is 0.272 e. The van der Waals surface area contributed by atoms with Crippen LogP contribution in [0.2, 0.25) is 0 Å². The molecule has 0 bridgehead atoms. The molecule has 1 aromatic heterocycles. The van der Waals surface area contributed by atoms with Crippen molar-refractivity contribution >= 4 is 5.91 Å². The van der Waals surface area contributed by atoms with Gasteiger partial charge in [-0.05, 0) is 48.9 Å². The third-order valence-electron chi connectivity index (χ3n) is 5.71. The summed E-state index contributed by atoms with van der Waals surface area (Å²) in [7, 11) is 0. The van der Waals surface area contributed by atoms with Crippen molar-refractivity contribution in [3.8, 4) is 17.7 Å². The Morgan fingerprint density at radius 1 is 1.37 bits per heavy atom. The van der Waals surface area contributed by atoms with Crippen molar-refractivity contribution < 1.29 is 19.0 Å². The number of amides is 1. The van der Waals surface area contributed by atoms with Crippen molar-refractivity contribution in [2.24, 2.45) is 5.92 Å². The molecule has 1 fully saturated rings. The van der Waals surface area contributed by atoms with E-state index in [0.29, 0.717) is 43.3 Å². The molecule has 0 saturated heterocycles. The van der Waals surface area contributed by atoms with Crippen molar-refractivity contribution in [3.05, 3.63) is 41.1 Å². The molecule has 2 aliphatic heterocycles. The highest BCUT2D eigenvalue weighted by molar-refractivity contribution is 5.92. The lowest BCUT2D eigenvalue weighted by Gasteiger charge is -2.26. The summed E-state index contributed by atoms with van der Waals surface area (Å²) in [5.74, 6) is 1.90. The van der Waals surface area contributed by atoms with Gasteiger partial charge in [0.1, 0.15) is 18.5 Å². The van der Waals surface area contributed by atoms with Gasteiger partial charge in [0.15, 0.2) is 5.69 Å². The molecule has 3 heterocycles. The maximum absolute atomic E-state index is 12.6. The summed E-state index contributed by atoms with van der Waals surface area (Å²) in [5, 5.41) is 16.4. The molecule has 2 atom stereocenters. The van der Waals surface area contributed by atoms with Gasteiger partial charge in [0.25, 0.3) is 5.91 Å². The van der Waals surface area contributed by atoms with E-state index in [-0.39, 0.29) is 18.1 Å². The molecule has 1 aliphatic carbocycles. The molecule has 8 nitrogen and oxygen atoms in total. The molecule has 2 aromatic rings. The van der Waals surface area contributed by atoms with E-state index in [2.05, 4.69) is 16.5 Å². The van der Waals surface area contributed by atoms with E-state index >= 15 is 0 Å². The molecule has 3 aliphatic rings. The number of nitrogens with zero attached hydrogens (tertiary/aromatic N) is 3. The topological polar surface area (TPSA) is 98.4 Å². The first-order valence-corrected chi connectivity index (χ1v) is 10.5. The Morgan fingerprint density at radius 2 is 2.27 bits per heavy atom. The van der Waals surface area contributed by atoms with Crippen LogP contribution in [0.4, 0.5) is 0 Å². The van der Waals surface area contributed by atoms with Crippen molar-refractivity contribution in [1.29, 1.82) is 5.26 Å². The second-order valence-electron chi connectivity index (χ2n) is 8.22. The van der Waals surface area contributed by atoms with Gasteiger partial charge in [0.2, 0.25) is 5.88 Å². The number of fused-ring (bicyclic) bond motifs is 2. The van der Waals surface area contributed by atoms with Gasteiger partial charge in [-0.1, -0.05) is 0 Å². The highest BCUT2D eigenvalue weighted by atomic mass is 16.5. The zero-order chi connectivity index (χ0) is 20.5. The van der Waals surface area contributed by atoms with Crippen LogP contribution in [0, 0.1) is 17.2 Å². The van der Waals surface area contributed by atoms with E-state index in [1.54, 1.807) is 28.9 Å². The number of benzene rings is 1.